The van der Waals surface area contributed by atoms with Crippen LogP contribution in [-0.4, -0.2) is 9.97 Å². The molecule has 2 heterocycles. The lowest BCUT2D eigenvalue weighted by Crippen LogP contribution is -1.99. The first-order valence-electron chi connectivity index (χ1n) is 6.02. The second-order valence-corrected chi connectivity index (χ2v) is 4.04. The Kier molecular flexibility index (Phi) is 3.89. The molecule has 0 aliphatic rings. The highest BCUT2D eigenvalue weighted by molar-refractivity contribution is 5.34. The smallest absolute Gasteiger partial charge is 0.148 e. The van der Waals surface area contributed by atoms with Crippen LogP contribution in [0.3, 0.4) is 0 Å². The number of pyridine rings is 2. The van der Waals surface area contributed by atoms with Gasteiger partial charge in [-0.15, -0.1) is 0 Å². The number of aryl methyl sites for hydroxylation is 2. The quantitative estimate of drug-likeness (QED) is 0.896. The van der Waals surface area contributed by atoms with Crippen molar-refractivity contribution in [2.75, 3.05) is 0 Å². The summed E-state index contributed by atoms with van der Waals surface area (Å²) in [6.07, 6.45) is 2.52. The maximum Gasteiger partial charge on any atom is 0.148 e. The summed E-state index contributed by atoms with van der Waals surface area (Å²) in [5, 5.41) is 0. The number of ether oxygens (including phenoxy) is 1. The molecule has 2 aromatic rings. The van der Waals surface area contributed by atoms with E-state index < -0.39 is 0 Å². The van der Waals surface area contributed by atoms with Crippen molar-refractivity contribution in [3.63, 3.8) is 0 Å². The molecule has 0 unspecified atom stereocenters. The van der Waals surface area contributed by atoms with Gasteiger partial charge in [0.05, 0.1) is 17.6 Å². The summed E-state index contributed by atoms with van der Waals surface area (Å²) in [5.41, 5.74) is 8.30. The predicted molar refractivity (Wildman–Crippen MR) is 70.6 cm³/mol. The Bertz CT molecular complexity index is 523. The molecule has 4 nitrogen and oxygen atoms in total. The lowest BCUT2D eigenvalue weighted by molar-refractivity contribution is 0.470. The zero-order valence-electron chi connectivity index (χ0n) is 10.7. The number of hydrogen-bond acceptors (Lipinski definition) is 4. The molecular weight excluding hydrogens is 226 g/mol. The van der Waals surface area contributed by atoms with E-state index in [0.717, 1.165) is 29.3 Å². The van der Waals surface area contributed by atoms with Gasteiger partial charge >= 0.3 is 0 Å². The third-order valence-electron chi connectivity index (χ3n) is 2.64. The third-order valence-corrected chi connectivity index (χ3v) is 2.64. The Labute approximate surface area is 107 Å². The van der Waals surface area contributed by atoms with Crippen LogP contribution in [0.1, 0.15) is 24.0 Å². The molecule has 94 valence electrons. The minimum Gasteiger partial charge on any atom is -0.454 e. The van der Waals surface area contributed by atoms with E-state index in [1.54, 1.807) is 6.20 Å². The summed E-state index contributed by atoms with van der Waals surface area (Å²) in [5.74, 6) is 1.48. The van der Waals surface area contributed by atoms with Gasteiger partial charge < -0.3 is 10.5 Å². The van der Waals surface area contributed by atoms with Gasteiger partial charge in [0, 0.05) is 12.2 Å². The maximum absolute atomic E-state index is 5.79. The summed E-state index contributed by atoms with van der Waals surface area (Å²) in [6.45, 7) is 4.47. The number of nitrogens with zero attached hydrogens (tertiary/aromatic N) is 2. The summed E-state index contributed by atoms with van der Waals surface area (Å²) < 4.78 is 5.79. The number of nitrogens with two attached hydrogens (primary N) is 1. The average Bonchev–Trinajstić information content (AvgIpc) is 2.41. The number of hydrogen-bond donors (Lipinski definition) is 1. The van der Waals surface area contributed by atoms with Crippen molar-refractivity contribution in [3.8, 4) is 11.5 Å². The van der Waals surface area contributed by atoms with E-state index in [9.17, 15) is 0 Å². The molecule has 0 fully saturated rings. The lowest BCUT2D eigenvalue weighted by atomic mass is 10.2. The van der Waals surface area contributed by atoms with Gasteiger partial charge in [-0.3, -0.25) is 9.97 Å². The zero-order chi connectivity index (χ0) is 13.0. The molecule has 0 saturated carbocycles. The first kappa shape index (κ1) is 12.5. The second kappa shape index (κ2) is 5.60. The molecule has 0 bridgehead atoms. The van der Waals surface area contributed by atoms with Crippen molar-refractivity contribution in [2.24, 2.45) is 5.73 Å². The van der Waals surface area contributed by atoms with Crippen molar-refractivity contribution in [1.29, 1.82) is 0 Å². The minimum absolute atomic E-state index is 0.437. The molecule has 0 atom stereocenters. The van der Waals surface area contributed by atoms with E-state index >= 15 is 0 Å². The summed E-state index contributed by atoms with van der Waals surface area (Å²) in [4.78, 5) is 8.65. The molecule has 18 heavy (non-hydrogen) atoms. The van der Waals surface area contributed by atoms with Gasteiger partial charge in [0.1, 0.15) is 11.5 Å². The Morgan fingerprint density at radius 1 is 1.22 bits per heavy atom. The highest BCUT2D eigenvalue weighted by Crippen LogP contribution is 2.24. The third kappa shape index (κ3) is 2.84. The molecule has 0 saturated heterocycles. The van der Waals surface area contributed by atoms with Crippen LogP contribution < -0.4 is 10.5 Å². The van der Waals surface area contributed by atoms with Crippen LogP contribution >= 0.6 is 0 Å². The predicted octanol–water partition coefficient (Wildman–Crippen LogP) is 2.60. The SMILES string of the molecule is CCc1nc(C)ccc1Oc1ccc(CN)nc1. The van der Waals surface area contributed by atoms with Crippen LogP contribution in [0.5, 0.6) is 11.5 Å². The largest absolute Gasteiger partial charge is 0.454 e. The highest BCUT2D eigenvalue weighted by atomic mass is 16.5. The second-order valence-electron chi connectivity index (χ2n) is 4.04. The standard InChI is InChI=1S/C14H17N3O/c1-3-13-14(7-4-10(2)17-13)18-12-6-5-11(8-15)16-9-12/h4-7,9H,3,8,15H2,1-2H3. The summed E-state index contributed by atoms with van der Waals surface area (Å²) in [6, 6.07) is 7.62. The normalized spacial score (nSPS) is 10.4. The van der Waals surface area contributed by atoms with E-state index in [1.807, 2.05) is 31.2 Å². The molecular formula is C14H17N3O. The Balaban J connectivity index is 2.22. The van der Waals surface area contributed by atoms with Crippen LogP contribution in [0.4, 0.5) is 0 Å². The molecule has 2 N–H and O–H groups in total. The van der Waals surface area contributed by atoms with Crippen LogP contribution in [0.15, 0.2) is 30.5 Å². The van der Waals surface area contributed by atoms with Crippen LogP contribution in [-0.2, 0) is 13.0 Å². The van der Waals surface area contributed by atoms with Gasteiger partial charge in [0.25, 0.3) is 0 Å². The average molecular weight is 243 g/mol. The molecule has 0 aliphatic heterocycles. The van der Waals surface area contributed by atoms with Gasteiger partial charge in [-0.25, -0.2) is 0 Å². The van der Waals surface area contributed by atoms with Crippen molar-refractivity contribution < 1.29 is 4.74 Å². The maximum atomic E-state index is 5.79. The Morgan fingerprint density at radius 3 is 2.67 bits per heavy atom. The minimum atomic E-state index is 0.437. The fraction of sp³-hybridized carbons (Fsp3) is 0.286. The number of aromatic nitrogens is 2. The van der Waals surface area contributed by atoms with E-state index in [1.165, 1.54) is 0 Å². The van der Waals surface area contributed by atoms with E-state index in [-0.39, 0.29) is 0 Å². The lowest BCUT2D eigenvalue weighted by Gasteiger charge is -2.10. The fourth-order valence-electron chi connectivity index (χ4n) is 1.66. The fourth-order valence-corrected chi connectivity index (χ4v) is 1.66. The first-order chi connectivity index (χ1) is 8.72. The van der Waals surface area contributed by atoms with Crippen LogP contribution in [0.25, 0.3) is 0 Å². The molecule has 2 rings (SSSR count). The highest BCUT2D eigenvalue weighted by Gasteiger charge is 2.05. The van der Waals surface area contributed by atoms with Gasteiger partial charge in [0.15, 0.2) is 0 Å². The Hall–Kier alpha value is -1.94. The number of rotatable bonds is 4. The van der Waals surface area contributed by atoms with Crippen LogP contribution in [0, 0.1) is 6.92 Å². The Morgan fingerprint density at radius 2 is 2.06 bits per heavy atom. The van der Waals surface area contributed by atoms with Crippen molar-refractivity contribution in [1.82, 2.24) is 9.97 Å². The molecule has 0 aromatic carbocycles. The van der Waals surface area contributed by atoms with Gasteiger partial charge in [-0.1, -0.05) is 6.92 Å². The zero-order valence-corrected chi connectivity index (χ0v) is 10.7. The van der Waals surface area contributed by atoms with Crippen molar-refractivity contribution in [2.45, 2.75) is 26.8 Å². The van der Waals surface area contributed by atoms with Gasteiger partial charge in [-0.05, 0) is 37.6 Å². The molecule has 0 amide bonds. The molecule has 2 aromatic heterocycles. The summed E-state index contributed by atoms with van der Waals surface area (Å²) >= 11 is 0. The van der Waals surface area contributed by atoms with Crippen molar-refractivity contribution in [3.05, 3.63) is 47.5 Å². The van der Waals surface area contributed by atoms with E-state index in [4.69, 9.17) is 10.5 Å². The monoisotopic (exact) mass is 243 g/mol. The molecule has 4 heteroatoms. The van der Waals surface area contributed by atoms with Gasteiger partial charge in [-0.2, -0.15) is 0 Å². The molecule has 0 spiro atoms. The summed E-state index contributed by atoms with van der Waals surface area (Å²) in [7, 11) is 0. The van der Waals surface area contributed by atoms with E-state index in [0.29, 0.717) is 12.3 Å². The first-order valence-corrected chi connectivity index (χ1v) is 6.02. The molecule has 0 aliphatic carbocycles. The van der Waals surface area contributed by atoms with Crippen molar-refractivity contribution >= 4 is 0 Å². The molecule has 0 radical (unpaired) electrons. The van der Waals surface area contributed by atoms with E-state index in [2.05, 4.69) is 16.9 Å². The van der Waals surface area contributed by atoms with Crippen LogP contribution in [0.2, 0.25) is 0 Å². The topological polar surface area (TPSA) is 61.0 Å². The van der Waals surface area contributed by atoms with Gasteiger partial charge in [0.2, 0.25) is 0 Å².